The largest absolute Gasteiger partial charge is 0.352 e. The molecule has 1 amide bonds. The van der Waals surface area contributed by atoms with Gasteiger partial charge >= 0.3 is 0 Å². The molecule has 0 unspecified atom stereocenters. The van der Waals surface area contributed by atoms with Crippen LogP contribution in [0.2, 0.25) is 0 Å². The van der Waals surface area contributed by atoms with Crippen LogP contribution in [0.1, 0.15) is 18.4 Å². The number of hydrogen-bond donors (Lipinski definition) is 1. The molecule has 1 fully saturated rings. The van der Waals surface area contributed by atoms with Gasteiger partial charge in [-0.3, -0.25) is 14.9 Å². The van der Waals surface area contributed by atoms with Gasteiger partial charge in [0.15, 0.2) is 0 Å². The summed E-state index contributed by atoms with van der Waals surface area (Å²) < 4.78 is 39.8. The van der Waals surface area contributed by atoms with Crippen LogP contribution < -0.4 is 5.32 Å². The molecule has 1 saturated heterocycles. The molecule has 1 aliphatic rings. The number of halogens is 1. The number of carbonyl (C=O) groups excluding carboxylic acids is 1. The summed E-state index contributed by atoms with van der Waals surface area (Å²) in [4.78, 5) is 22.7. The van der Waals surface area contributed by atoms with Crippen LogP contribution in [0.4, 0.5) is 10.1 Å². The molecule has 0 saturated carbocycles. The van der Waals surface area contributed by atoms with Crippen LogP contribution in [0.25, 0.3) is 0 Å². The molecule has 1 atom stereocenters. The van der Waals surface area contributed by atoms with Crippen molar-refractivity contribution in [2.45, 2.75) is 24.3 Å². The molecule has 0 spiro atoms. The van der Waals surface area contributed by atoms with Gasteiger partial charge in [0, 0.05) is 31.8 Å². The van der Waals surface area contributed by atoms with Crippen LogP contribution in [0.15, 0.2) is 53.4 Å². The molecule has 1 aliphatic heterocycles. The van der Waals surface area contributed by atoms with Crippen molar-refractivity contribution in [3.8, 4) is 0 Å². The van der Waals surface area contributed by atoms with Gasteiger partial charge in [-0.15, -0.1) is 0 Å². The van der Waals surface area contributed by atoms with Gasteiger partial charge in [0.2, 0.25) is 15.9 Å². The second-order valence-electron chi connectivity index (χ2n) is 6.80. The Bertz CT molecular complexity index is 994. The number of non-ortho nitro benzene ring substituents is 1. The van der Waals surface area contributed by atoms with E-state index in [0.717, 1.165) is 12.1 Å². The third-order valence-electron chi connectivity index (χ3n) is 4.82. The monoisotopic (exact) mass is 421 g/mol. The minimum atomic E-state index is -3.80. The molecule has 0 aliphatic carbocycles. The number of sulfonamides is 1. The van der Waals surface area contributed by atoms with Crippen LogP contribution >= 0.6 is 0 Å². The lowest BCUT2D eigenvalue weighted by Gasteiger charge is -2.31. The van der Waals surface area contributed by atoms with Crippen molar-refractivity contribution in [1.82, 2.24) is 9.62 Å². The van der Waals surface area contributed by atoms with Crippen LogP contribution in [-0.2, 0) is 21.4 Å². The van der Waals surface area contributed by atoms with Crippen molar-refractivity contribution >= 4 is 21.6 Å². The summed E-state index contributed by atoms with van der Waals surface area (Å²) in [5, 5.41) is 13.4. The molecule has 1 heterocycles. The van der Waals surface area contributed by atoms with Crippen LogP contribution in [0, 0.1) is 21.8 Å². The van der Waals surface area contributed by atoms with Crippen LogP contribution in [0.5, 0.6) is 0 Å². The van der Waals surface area contributed by atoms with E-state index in [4.69, 9.17) is 0 Å². The van der Waals surface area contributed by atoms with Gasteiger partial charge in [0.05, 0.1) is 15.7 Å². The third kappa shape index (κ3) is 4.96. The number of hydrogen-bond acceptors (Lipinski definition) is 5. The predicted molar refractivity (Wildman–Crippen MR) is 103 cm³/mol. The van der Waals surface area contributed by atoms with Crippen molar-refractivity contribution in [3.63, 3.8) is 0 Å². The molecule has 29 heavy (non-hydrogen) atoms. The zero-order valence-electron chi connectivity index (χ0n) is 15.5. The Morgan fingerprint density at radius 2 is 1.83 bits per heavy atom. The molecular weight excluding hydrogens is 401 g/mol. The van der Waals surface area contributed by atoms with Gasteiger partial charge in [-0.2, -0.15) is 4.31 Å². The van der Waals surface area contributed by atoms with E-state index in [2.05, 4.69) is 5.32 Å². The average Bonchev–Trinajstić information content (AvgIpc) is 2.72. The highest BCUT2D eigenvalue weighted by molar-refractivity contribution is 7.89. The maximum absolute atomic E-state index is 13.1. The van der Waals surface area contributed by atoms with Gasteiger partial charge in [-0.1, -0.05) is 12.1 Å². The normalized spacial score (nSPS) is 17.6. The Hall–Kier alpha value is -2.85. The van der Waals surface area contributed by atoms with E-state index >= 15 is 0 Å². The lowest BCUT2D eigenvalue weighted by atomic mass is 9.99. The molecule has 8 nitrogen and oxygen atoms in total. The van der Waals surface area contributed by atoms with E-state index in [-0.39, 0.29) is 29.6 Å². The molecule has 154 valence electrons. The van der Waals surface area contributed by atoms with E-state index in [9.17, 15) is 27.7 Å². The summed E-state index contributed by atoms with van der Waals surface area (Å²) in [6.45, 7) is 0.537. The Balaban J connectivity index is 1.61. The standard InChI is InChI=1S/C19H20FN3O5S/c20-16-5-9-18(10-6-16)29(27,28)22-11-1-2-15(13-22)19(24)21-12-14-3-7-17(8-4-14)23(25)26/h3-10,15H,1-2,11-13H2,(H,21,24)/t15-/m0/s1. The molecule has 0 aromatic heterocycles. The molecule has 10 heteroatoms. The van der Waals surface area contributed by atoms with Crippen molar-refractivity contribution in [2.24, 2.45) is 5.92 Å². The van der Waals surface area contributed by atoms with E-state index in [1.54, 1.807) is 12.1 Å². The summed E-state index contributed by atoms with van der Waals surface area (Å²) in [5.41, 5.74) is 0.671. The number of carbonyl (C=O) groups is 1. The minimum Gasteiger partial charge on any atom is -0.352 e. The first-order valence-electron chi connectivity index (χ1n) is 9.04. The number of nitro groups is 1. The van der Waals surface area contributed by atoms with E-state index < -0.39 is 26.7 Å². The number of piperidine rings is 1. The van der Waals surface area contributed by atoms with Crippen LogP contribution in [0.3, 0.4) is 0 Å². The van der Waals surface area contributed by atoms with Gasteiger partial charge < -0.3 is 5.32 Å². The number of nitrogens with zero attached hydrogens (tertiary/aromatic N) is 2. The molecular formula is C19H20FN3O5S. The van der Waals surface area contributed by atoms with E-state index in [0.29, 0.717) is 24.9 Å². The first-order chi connectivity index (χ1) is 13.8. The highest BCUT2D eigenvalue weighted by atomic mass is 32.2. The lowest BCUT2D eigenvalue weighted by Crippen LogP contribution is -2.45. The molecule has 0 radical (unpaired) electrons. The number of nitro benzene ring substituents is 1. The topological polar surface area (TPSA) is 110 Å². The van der Waals surface area contributed by atoms with E-state index in [1.165, 1.54) is 28.6 Å². The zero-order chi connectivity index (χ0) is 21.0. The number of benzene rings is 2. The minimum absolute atomic E-state index is 0.00848. The fourth-order valence-electron chi connectivity index (χ4n) is 3.20. The molecule has 1 N–H and O–H groups in total. The summed E-state index contributed by atoms with van der Waals surface area (Å²) in [6, 6.07) is 10.4. The van der Waals surface area contributed by atoms with Gasteiger partial charge in [0.25, 0.3) is 5.69 Å². The summed E-state index contributed by atoms with van der Waals surface area (Å²) in [5.74, 6) is -1.30. The summed E-state index contributed by atoms with van der Waals surface area (Å²) >= 11 is 0. The molecule has 2 aromatic carbocycles. The second kappa shape index (κ2) is 8.66. The quantitative estimate of drug-likeness (QED) is 0.569. The van der Waals surface area contributed by atoms with Gasteiger partial charge in [-0.25, -0.2) is 12.8 Å². The highest BCUT2D eigenvalue weighted by Crippen LogP contribution is 2.24. The van der Waals surface area contributed by atoms with Crippen molar-refractivity contribution in [1.29, 1.82) is 0 Å². The maximum atomic E-state index is 13.1. The molecule has 0 bridgehead atoms. The zero-order valence-corrected chi connectivity index (χ0v) is 16.3. The first kappa shape index (κ1) is 20.9. The maximum Gasteiger partial charge on any atom is 0.269 e. The smallest absolute Gasteiger partial charge is 0.269 e. The fraction of sp³-hybridized carbons (Fsp3) is 0.316. The Morgan fingerprint density at radius 3 is 2.45 bits per heavy atom. The van der Waals surface area contributed by atoms with Crippen molar-refractivity contribution in [3.05, 3.63) is 70.0 Å². The Kier molecular flexibility index (Phi) is 6.23. The lowest BCUT2D eigenvalue weighted by molar-refractivity contribution is -0.384. The van der Waals surface area contributed by atoms with Gasteiger partial charge in [-0.05, 0) is 42.7 Å². The average molecular weight is 421 g/mol. The second-order valence-corrected chi connectivity index (χ2v) is 8.74. The Labute approximate surface area is 167 Å². The Morgan fingerprint density at radius 1 is 1.17 bits per heavy atom. The van der Waals surface area contributed by atoms with E-state index in [1.807, 2.05) is 0 Å². The van der Waals surface area contributed by atoms with Crippen molar-refractivity contribution < 1.29 is 22.5 Å². The highest BCUT2D eigenvalue weighted by Gasteiger charge is 2.33. The number of amides is 1. The molecule has 2 aromatic rings. The van der Waals surface area contributed by atoms with Crippen LogP contribution in [-0.4, -0.2) is 36.6 Å². The van der Waals surface area contributed by atoms with Gasteiger partial charge in [0.1, 0.15) is 5.82 Å². The summed E-state index contributed by atoms with van der Waals surface area (Å²) in [6.07, 6.45) is 1.09. The number of rotatable bonds is 6. The SMILES string of the molecule is O=C(NCc1ccc([N+](=O)[O-])cc1)[C@H]1CCCN(S(=O)(=O)c2ccc(F)cc2)C1. The number of nitrogens with one attached hydrogen (secondary N) is 1. The summed E-state index contributed by atoms with van der Waals surface area (Å²) in [7, 11) is -3.80. The third-order valence-corrected chi connectivity index (χ3v) is 6.70. The van der Waals surface area contributed by atoms with Crippen molar-refractivity contribution in [2.75, 3.05) is 13.1 Å². The predicted octanol–water partition coefficient (Wildman–Crippen LogP) is 2.45. The first-order valence-corrected chi connectivity index (χ1v) is 10.5. The fourth-order valence-corrected chi connectivity index (χ4v) is 4.72. The molecule has 3 rings (SSSR count).